The van der Waals surface area contributed by atoms with E-state index in [2.05, 4.69) is 10.3 Å². The molecule has 6 nitrogen and oxygen atoms in total. The molecule has 0 aliphatic carbocycles. The van der Waals surface area contributed by atoms with Crippen LogP contribution in [0.25, 0.3) is 0 Å². The SMILES string of the molecule is COc1cc(CNC(=O)C2(c3cccc(Cl)c3)CCOCC2)ccc1OCc1ccncc1. The standard InChI is InChI=1S/C26H27ClN2O4/c1-31-24-15-20(5-6-23(24)33-18-19-7-11-28-12-8-19)17-29-25(30)26(9-13-32-14-10-26)21-3-2-4-22(27)16-21/h2-8,11-12,15-16H,9-10,13-14,17-18H2,1H3,(H,29,30). The number of pyridine rings is 1. The molecular formula is C26H27ClN2O4. The fraction of sp³-hybridized carbons (Fsp3) is 0.308. The van der Waals surface area contributed by atoms with Crippen molar-refractivity contribution in [2.45, 2.75) is 31.4 Å². The Hall–Kier alpha value is -3.09. The normalized spacial score (nSPS) is 15.0. The lowest BCUT2D eigenvalue weighted by atomic mass is 9.73. The molecule has 0 unspecified atom stereocenters. The Morgan fingerprint density at radius 3 is 2.58 bits per heavy atom. The number of carbonyl (C=O) groups is 1. The van der Waals surface area contributed by atoms with Gasteiger partial charge in [0.25, 0.3) is 0 Å². The summed E-state index contributed by atoms with van der Waals surface area (Å²) in [6.07, 6.45) is 4.70. The predicted molar refractivity (Wildman–Crippen MR) is 127 cm³/mol. The van der Waals surface area contributed by atoms with E-state index < -0.39 is 5.41 Å². The molecule has 1 aliphatic rings. The van der Waals surface area contributed by atoms with Crippen molar-refractivity contribution in [2.75, 3.05) is 20.3 Å². The Balaban J connectivity index is 1.45. The van der Waals surface area contributed by atoms with Crippen molar-refractivity contribution in [3.63, 3.8) is 0 Å². The van der Waals surface area contributed by atoms with Crippen LogP contribution in [-0.2, 0) is 28.1 Å². The van der Waals surface area contributed by atoms with Crippen LogP contribution in [0.4, 0.5) is 0 Å². The minimum Gasteiger partial charge on any atom is -0.493 e. The summed E-state index contributed by atoms with van der Waals surface area (Å²) in [6.45, 7) is 1.87. The maximum Gasteiger partial charge on any atom is 0.231 e. The van der Waals surface area contributed by atoms with Crippen molar-refractivity contribution in [3.8, 4) is 11.5 Å². The minimum atomic E-state index is -0.652. The maximum atomic E-state index is 13.4. The lowest BCUT2D eigenvalue weighted by Crippen LogP contribution is -2.47. The molecule has 0 bridgehead atoms. The van der Waals surface area contributed by atoms with Gasteiger partial charge in [0.05, 0.1) is 12.5 Å². The molecule has 1 aliphatic heterocycles. The van der Waals surface area contributed by atoms with Crippen LogP contribution in [-0.4, -0.2) is 31.2 Å². The summed E-state index contributed by atoms with van der Waals surface area (Å²) in [4.78, 5) is 17.4. The number of benzene rings is 2. The van der Waals surface area contributed by atoms with E-state index in [1.807, 2.05) is 54.6 Å². The smallest absolute Gasteiger partial charge is 0.231 e. The lowest BCUT2D eigenvalue weighted by Gasteiger charge is -2.36. The highest BCUT2D eigenvalue weighted by Crippen LogP contribution is 2.36. The van der Waals surface area contributed by atoms with Gasteiger partial charge >= 0.3 is 0 Å². The summed E-state index contributed by atoms with van der Waals surface area (Å²) in [5.74, 6) is 1.24. The Labute approximate surface area is 198 Å². The zero-order valence-corrected chi connectivity index (χ0v) is 19.3. The molecule has 7 heteroatoms. The molecule has 1 aromatic heterocycles. The van der Waals surface area contributed by atoms with Crippen LogP contribution in [0.2, 0.25) is 5.02 Å². The summed E-state index contributed by atoms with van der Waals surface area (Å²) in [7, 11) is 1.60. The van der Waals surface area contributed by atoms with Crippen molar-refractivity contribution >= 4 is 17.5 Å². The average Bonchev–Trinajstić information content (AvgIpc) is 2.87. The number of amides is 1. The van der Waals surface area contributed by atoms with Gasteiger partial charge in [-0.25, -0.2) is 0 Å². The number of methoxy groups -OCH3 is 1. The van der Waals surface area contributed by atoms with E-state index in [4.69, 9.17) is 25.8 Å². The van der Waals surface area contributed by atoms with Gasteiger partial charge in [0, 0.05) is 37.2 Å². The van der Waals surface area contributed by atoms with Crippen molar-refractivity contribution in [1.82, 2.24) is 10.3 Å². The third-order valence-electron chi connectivity index (χ3n) is 5.98. The van der Waals surface area contributed by atoms with Crippen LogP contribution < -0.4 is 14.8 Å². The molecule has 4 rings (SSSR count). The van der Waals surface area contributed by atoms with Gasteiger partial charge in [0.15, 0.2) is 11.5 Å². The monoisotopic (exact) mass is 466 g/mol. The second-order valence-electron chi connectivity index (χ2n) is 8.02. The number of nitrogens with one attached hydrogen (secondary N) is 1. The molecule has 1 amide bonds. The fourth-order valence-corrected chi connectivity index (χ4v) is 4.28. The Kier molecular flexibility index (Phi) is 7.47. The molecule has 3 aromatic rings. The van der Waals surface area contributed by atoms with Crippen molar-refractivity contribution in [1.29, 1.82) is 0 Å². The molecule has 0 atom stereocenters. The lowest BCUT2D eigenvalue weighted by molar-refractivity contribution is -0.130. The van der Waals surface area contributed by atoms with Gasteiger partial charge in [-0.3, -0.25) is 9.78 Å². The van der Waals surface area contributed by atoms with E-state index in [-0.39, 0.29) is 5.91 Å². The molecule has 0 spiro atoms. The Morgan fingerprint density at radius 1 is 1.06 bits per heavy atom. The third kappa shape index (κ3) is 5.46. The Bertz CT molecular complexity index is 1080. The summed E-state index contributed by atoms with van der Waals surface area (Å²) in [6, 6.07) is 17.0. The van der Waals surface area contributed by atoms with Crippen molar-refractivity contribution < 1.29 is 19.0 Å². The van der Waals surface area contributed by atoms with Crippen molar-refractivity contribution in [3.05, 3.63) is 88.7 Å². The molecule has 1 saturated heterocycles. The first-order chi connectivity index (χ1) is 16.1. The molecule has 0 radical (unpaired) electrons. The van der Waals surface area contributed by atoms with Crippen LogP contribution in [0.5, 0.6) is 11.5 Å². The molecule has 2 aromatic carbocycles. The number of rotatable bonds is 8. The summed E-state index contributed by atoms with van der Waals surface area (Å²) >= 11 is 6.22. The van der Waals surface area contributed by atoms with Crippen LogP contribution in [0.3, 0.4) is 0 Å². The first-order valence-electron chi connectivity index (χ1n) is 10.9. The molecule has 33 heavy (non-hydrogen) atoms. The zero-order chi connectivity index (χ0) is 23.1. The van der Waals surface area contributed by atoms with Gasteiger partial charge in [0.2, 0.25) is 5.91 Å². The molecule has 172 valence electrons. The fourth-order valence-electron chi connectivity index (χ4n) is 4.09. The highest BCUT2D eigenvalue weighted by Gasteiger charge is 2.41. The number of hydrogen-bond acceptors (Lipinski definition) is 5. The van der Waals surface area contributed by atoms with Gasteiger partial charge in [-0.2, -0.15) is 0 Å². The molecule has 1 N–H and O–H groups in total. The van der Waals surface area contributed by atoms with Gasteiger partial charge in [-0.05, 0) is 65.9 Å². The molecule has 2 heterocycles. The number of hydrogen-bond donors (Lipinski definition) is 1. The quantitative estimate of drug-likeness (QED) is 0.521. The van der Waals surface area contributed by atoms with Crippen molar-refractivity contribution in [2.24, 2.45) is 0 Å². The van der Waals surface area contributed by atoms with Crippen LogP contribution in [0.1, 0.15) is 29.5 Å². The van der Waals surface area contributed by atoms with E-state index in [1.165, 1.54) is 0 Å². The number of aromatic nitrogens is 1. The highest BCUT2D eigenvalue weighted by atomic mass is 35.5. The number of carbonyl (C=O) groups excluding carboxylic acids is 1. The molecule has 0 saturated carbocycles. The van der Waals surface area contributed by atoms with Gasteiger partial charge < -0.3 is 19.5 Å². The van der Waals surface area contributed by atoms with Crippen LogP contribution in [0.15, 0.2) is 67.0 Å². The summed E-state index contributed by atoms with van der Waals surface area (Å²) in [5, 5.41) is 3.74. The maximum absolute atomic E-state index is 13.4. The van der Waals surface area contributed by atoms with E-state index >= 15 is 0 Å². The van der Waals surface area contributed by atoms with Gasteiger partial charge in [0.1, 0.15) is 6.61 Å². The topological polar surface area (TPSA) is 69.7 Å². The first kappa shape index (κ1) is 23.1. The number of ether oxygens (including phenoxy) is 3. The highest BCUT2D eigenvalue weighted by molar-refractivity contribution is 6.30. The Morgan fingerprint density at radius 2 is 1.85 bits per heavy atom. The number of nitrogens with zero attached hydrogens (tertiary/aromatic N) is 1. The van der Waals surface area contributed by atoms with Crippen LogP contribution >= 0.6 is 11.6 Å². The van der Waals surface area contributed by atoms with Gasteiger partial charge in [-0.1, -0.05) is 29.8 Å². The zero-order valence-electron chi connectivity index (χ0n) is 18.6. The second-order valence-corrected chi connectivity index (χ2v) is 8.45. The summed E-state index contributed by atoms with van der Waals surface area (Å²) < 4.78 is 17.0. The predicted octanol–water partition coefficient (Wildman–Crippen LogP) is 4.69. The largest absolute Gasteiger partial charge is 0.493 e. The molecular weight excluding hydrogens is 440 g/mol. The first-order valence-corrected chi connectivity index (χ1v) is 11.3. The summed E-state index contributed by atoms with van der Waals surface area (Å²) in [5.41, 5.74) is 2.21. The van der Waals surface area contributed by atoms with E-state index in [1.54, 1.807) is 19.5 Å². The van der Waals surface area contributed by atoms with E-state index in [0.29, 0.717) is 55.7 Å². The average molecular weight is 467 g/mol. The van der Waals surface area contributed by atoms with Gasteiger partial charge in [-0.15, -0.1) is 0 Å². The number of halogens is 1. The third-order valence-corrected chi connectivity index (χ3v) is 6.22. The van der Waals surface area contributed by atoms with E-state index in [9.17, 15) is 4.79 Å². The van der Waals surface area contributed by atoms with E-state index in [0.717, 1.165) is 16.7 Å². The second kappa shape index (κ2) is 10.7. The molecule has 1 fully saturated rings. The van der Waals surface area contributed by atoms with Crippen LogP contribution in [0, 0.1) is 0 Å². The minimum absolute atomic E-state index is 0.0231.